The van der Waals surface area contributed by atoms with Crippen LogP contribution in [0.3, 0.4) is 0 Å². The SMILES string of the molecule is CC1CNCC1C(=O)N1CCc2sccc2C1. The van der Waals surface area contributed by atoms with Gasteiger partial charge in [0.1, 0.15) is 0 Å². The van der Waals surface area contributed by atoms with Crippen molar-refractivity contribution in [3.05, 3.63) is 21.9 Å². The Hall–Kier alpha value is -0.870. The average Bonchev–Trinajstić information content (AvgIpc) is 2.95. The molecule has 1 amide bonds. The Bertz CT molecular complexity index is 429. The maximum Gasteiger partial charge on any atom is 0.227 e. The molecular formula is C13H18N2OS. The number of carbonyl (C=O) groups is 1. The summed E-state index contributed by atoms with van der Waals surface area (Å²) in [7, 11) is 0. The molecule has 17 heavy (non-hydrogen) atoms. The number of amides is 1. The molecule has 1 aromatic rings. The third kappa shape index (κ3) is 2.00. The Morgan fingerprint density at radius 3 is 3.18 bits per heavy atom. The van der Waals surface area contributed by atoms with E-state index in [1.807, 2.05) is 16.2 Å². The molecule has 1 saturated heterocycles. The van der Waals surface area contributed by atoms with Crippen molar-refractivity contribution >= 4 is 17.2 Å². The minimum Gasteiger partial charge on any atom is -0.338 e. The van der Waals surface area contributed by atoms with Crippen LogP contribution in [0.4, 0.5) is 0 Å². The fourth-order valence-electron chi connectivity index (χ4n) is 2.81. The summed E-state index contributed by atoms with van der Waals surface area (Å²) in [5, 5.41) is 5.45. The normalized spacial score (nSPS) is 28.2. The quantitative estimate of drug-likeness (QED) is 0.819. The van der Waals surface area contributed by atoms with Gasteiger partial charge in [-0.3, -0.25) is 4.79 Å². The van der Waals surface area contributed by atoms with Crippen molar-refractivity contribution < 1.29 is 4.79 Å². The van der Waals surface area contributed by atoms with E-state index in [1.54, 1.807) is 0 Å². The van der Waals surface area contributed by atoms with Gasteiger partial charge in [0.15, 0.2) is 0 Å². The molecule has 1 aromatic heterocycles. The molecule has 0 bridgehead atoms. The maximum atomic E-state index is 12.4. The fourth-order valence-corrected chi connectivity index (χ4v) is 3.70. The van der Waals surface area contributed by atoms with Crippen LogP contribution < -0.4 is 5.32 Å². The predicted molar refractivity (Wildman–Crippen MR) is 69.0 cm³/mol. The van der Waals surface area contributed by atoms with Gasteiger partial charge < -0.3 is 10.2 Å². The molecule has 2 unspecified atom stereocenters. The van der Waals surface area contributed by atoms with Crippen LogP contribution >= 0.6 is 11.3 Å². The molecule has 0 saturated carbocycles. The Kier molecular flexibility index (Phi) is 2.92. The van der Waals surface area contributed by atoms with Crippen molar-refractivity contribution in [3.8, 4) is 0 Å². The predicted octanol–water partition coefficient (Wildman–Crippen LogP) is 1.49. The van der Waals surface area contributed by atoms with Crippen LogP contribution in [-0.4, -0.2) is 30.4 Å². The zero-order valence-corrected chi connectivity index (χ0v) is 10.9. The van der Waals surface area contributed by atoms with Crippen molar-refractivity contribution in [1.29, 1.82) is 0 Å². The summed E-state index contributed by atoms with van der Waals surface area (Å²) in [4.78, 5) is 15.9. The molecule has 2 aliphatic rings. The van der Waals surface area contributed by atoms with E-state index in [9.17, 15) is 4.79 Å². The molecule has 1 N–H and O–H groups in total. The minimum absolute atomic E-state index is 0.190. The van der Waals surface area contributed by atoms with E-state index in [0.717, 1.165) is 32.6 Å². The van der Waals surface area contributed by atoms with Gasteiger partial charge in [0.25, 0.3) is 0 Å². The van der Waals surface area contributed by atoms with Crippen LogP contribution in [-0.2, 0) is 17.8 Å². The van der Waals surface area contributed by atoms with Gasteiger partial charge in [0, 0.05) is 24.5 Å². The van der Waals surface area contributed by atoms with Crippen LogP contribution in [0, 0.1) is 11.8 Å². The number of carbonyl (C=O) groups excluding carboxylic acids is 1. The van der Waals surface area contributed by atoms with Gasteiger partial charge in [-0.15, -0.1) is 11.3 Å². The van der Waals surface area contributed by atoms with Crippen molar-refractivity contribution in [2.45, 2.75) is 19.9 Å². The summed E-state index contributed by atoms with van der Waals surface area (Å²) in [6.07, 6.45) is 1.03. The molecule has 3 nitrogen and oxygen atoms in total. The standard InChI is InChI=1S/C13H18N2OS/c1-9-6-14-7-11(9)13(16)15-4-2-12-10(8-15)3-5-17-12/h3,5,9,11,14H,2,4,6-8H2,1H3. The number of hydrogen-bond acceptors (Lipinski definition) is 3. The van der Waals surface area contributed by atoms with Gasteiger partial charge in [0.2, 0.25) is 5.91 Å². The van der Waals surface area contributed by atoms with Crippen LogP contribution in [0.2, 0.25) is 0 Å². The Morgan fingerprint density at radius 1 is 1.53 bits per heavy atom. The first-order valence-corrected chi connectivity index (χ1v) is 7.18. The molecule has 1 fully saturated rings. The van der Waals surface area contributed by atoms with Gasteiger partial charge in [-0.2, -0.15) is 0 Å². The molecule has 0 spiro atoms. The lowest BCUT2D eigenvalue weighted by Crippen LogP contribution is -2.41. The number of nitrogens with zero attached hydrogens (tertiary/aromatic N) is 1. The van der Waals surface area contributed by atoms with Crippen LogP contribution in [0.1, 0.15) is 17.4 Å². The monoisotopic (exact) mass is 250 g/mol. The molecule has 0 radical (unpaired) electrons. The van der Waals surface area contributed by atoms with Gasteiger partial charge >= 0.3 is 0 Å². The summed E-state index contributed by atoms with van der Waals surface area (Å²) in [5.74, 6) is 1.01. The van der Waals surface area contributed by atoms with Gasteiger partial charge in [-0.25, -0.2) is 0 Å². The summed E-state index contributed by atoms with van der Waals surface area (Å²) in [6.45, 7) is 5.72. The third-order valence-electron chi connectivity index (χ3n) is 3.95. The van der Waals surface area contributed by atoms with Crippen molar-refractivity contribution in [2.24, 2.45) is 11.8 Å². The van der Waals surface area contributed by atoms with Gasteiger partial charge in [-0.05, 0) is 35.9 Å². The largest absolute Gasteiger partial charge is 0.338 e. The maximum absolute atomic E-state index is 12.4. The molecule has 4 heteroatoms. The van der Waals surface area contributed by atoms with E-state index in [0.29, 0.717) is 11.8 Å². The van der Waals surface area contributed by atoms with Crippen LogP contribution in [0.25, 0.3) is 0 Å². The lowest BCUT2D eigenvalue weighted by molar-refractivity contribution is -0.136. The highest BCUT2D eigenvalue weighted by molar-refractivity contribution is 7.10. The smallest absolute Gasteiger partial charge is 0.227 e. The van der Waals surface area contributed by atoms with E-state index in [1.165, 1.54) is 10.4 Å². The highest BCUT2D eigenvalue weighted by Gasteiger charge is 2.33. The number of fused-ring (bicyclic) bond motifs is 1. The summed E-state index contributed by atoms with van der Waals surface area (Å²) in [5.41, 5.74) is 1.35. The first-order chi connectivity index (χ1) is 8.25. The first-order valence-electron chi connectivity index (χ1n) is 6.30. The summed E-state index contributed by atoms with van der Waals surface area (Å²) >= 11 is 1.82. The molecule has 0 aliphatic carbocycles. The highest BCUT2D eigenvalue weighted by atomic mass is 32.1. The Balaban J connectivity index is 1.72. The Labute approximate surface area is 106 Å². The summed E-state index contributed by atoms with van der Waals surface area (Å²) in [6, 6.07) is 2.16. The molecule has 2 aliphatic heterocycles. The Morgan fingerprint density at radius 2 is 2.41 bits per heavy atom. The highest BCUT2D eigenvalue weighted by Crippen LogP contribution is 2.27. The first kappa shape index (κ1) is 11.2. The zero-order valence-electron chi connectivity index (χ0n) is 10.1. The second kappa shape index (κ2) is 4.42. The van der Waals surface area contributed by atoms with E-state index in [-0.39, 0.29) is 5.92 Å². The molecular weight excluding hydrogens is 232 g/mol. The lowest BCUT2D eigenvalue weighted by Gasteiger charge is -2.30. The second-order valence-corrected chi connectivity index (χ2v) is 6.12. The third-order valence-corrected chi connectivity index (χ3v) is 4.98. The topological polar surface area (TPSA) is 32.3 Å². The van der Waals surface area contributed by atoms with E-state index in [2.05, 4.69) is 23.7 Å². The van der Waals surface area contributed by atoms with Crippen molar-refractivity contribution in [1.82, 2.24) is 10.2 Å². The number of thiophene rings is 1. The van der Waals surface area contributed by atoms with E-state index < -0.39 is 0 Å². The van der Waals surface area contributed by atoms with E-state index in [4.69, 9.17) is 0 Å². The average molecular weight is 250 g/mol. The molecule has 92 valence electrons. The minimum atomic E-state index is 0.190. The fraction of sp³-hybridized carbons (Fsp3) is 0.615. The molecule has 2 atom stereocenters. The molecule has 3 heterocycles. The van der Waals surface area contributed by atoms with Crippen molar-refractivity contribution in [2.75, 3.05) is 19.6 Å². The van der Waals surface area contributed by atoms with E-state index >= 15 is 0 Å². The number of hydrogen-bond donors (Lipinski definition) is 1. The zero-order chi connectivity index (χ0) is 11.8. The summed E-state index contributed by atoms with van der Waals surface area (Å²) < 4.78 is 0. The van der Waals surface area contributed by atoms with Crippen molar-refractivity contribution in [3.63, 3.8) is 0 Å². The lowest BCUT2D eigenvalue weighted by atomic mass is 9.95. The molecule has 3 rings (SSSR count). The van der Waals surface area contributed by atoms with Crippen LogP contribution in [0.15, 0.2) is 11.4 Å². The second-order valence-electron chi connectivity index (χ2n) is 5.12. The van der Waals surface area contributed by atoms with Gasteiger partial charge in [-0.1, -0.05) is 6.92 Å². The number of nitrogens with one attached hydrogen (secondary N) is 1. The van der Waals surface area contributed by atoms with Gasteiger partial charge in [0.05, 0.1) is 5.92 Å². The molecule has 0 aromatic carbocycles. The van der Waals surface area contributed by atoms with Crippen LogP contribution in [0.5, 0.6) is 0 Å². The number of rotatable bonds is 1.